The Morgan fingerprint density at radius 1 is 1.04 bits per heavy atom. The molecule has 0 bridgehead atoms. The summed E-state index contributed by atoms with van der Waals surface area (Å²) in [6.07, 6.45) is 4.88. The Labute approximate surface area is 146 Å². The van der Waals surface area contributed by atoms with E-state index in [2.05, 4.69) is 45.1 Å². The summed E-state index contributed by atoms with van der Waals surface area (Å²) in [4.78, 5) is 15.2. The maximum absolute atomic E-state index is 11.0. The van der Waals surface area contributed by atoms with Crippen LogP contribution in [0, 0.1) is 5.41 Å². The number of halogens is 1. The number of amides is 1. The van der Waals surface area contributed by atoms with Crippen LogP contribution in [-0.2, 0) is 6.42 Å². The van der Waals surface area contributed by atoms with Crippen molar-refractivity contribution in [1.29, 1.82) is 0 Å². The first-order valence-electron chi connectivity index (χ1n) is 8.51. The third-order valence-corrected chi connectivity index (χ3v) is 6.17. The number of rotatable bonds is 3. The zero-order valence-electron chi connectivity index (χ0n) is 13.5. The molecule has 2 saturated heterocycles. The molecule has 3 rings (SSSR count). The largest absolute Gasteiger partial charge is 0.465 e. The Bertz CT molecular complexity index is 528. The number of carboxylic acid groups (broad SMARTS) is 1. The predicted molar refractivity (Wildman–Crippen MR) is 94.8 cm³/mol. The van der Waals surface area contributed by atoms with Gasteiger partial charge in [0, 0.05) is 24.1 Å². The van der Waals surface area contributed by atoms with Gasteiger partial charge in [-0.05, 0) is 68.3 Å². The van der Waals surface area contributed by atoms with Crippen LogP contribution < -0.4 is 0 Å². The molecule has 2 aliphatic heterocycles. The van der Waals surface area contributed by atoms with Crippen molar-refractivity contribution < 1.29 is 9.90 Å². The van der Waals surface area contributed by atoms with E-state index < -0.39 is 6.09 Å². The zero-order chi connectivity index (χ0) is 16.3. The molecule has 0 saturated carbocycles. The van der Waals surface area contributed by atoms with E-state index in [0.717, 1.165) is 43.4 Å². The van der Waals surface area contributed by atoms with E-state index in [9.17, 15) is 4.79 Å². The lowest BCUT2D eigenvalue weighted by molar-refractivity contribution is 0.0368. The minimum Gasteiger partial charge on any atom is -0.465 e. The van der Waals surface area contributed by atoms with E-state index in [4.69, 9.17) is 5.11 Å². The highest BCUT2D eigenvalue weighted by atomic mass is 79.9. The molecular formula is C18H25BrN2O2. The number of piperidine rings is 2. The van der Waals surface area contributed by atoms with E-state index in [1.54, 1.807) is 4.90 Å². The highest BCUT2D eigenvalue weighted by Crippen LogP contribution is 2.41. The second-order valence-electron chi connectivity index (χ2n) is 6.99. The van der Waals surface area contributed by atoms with Gasteiger partial charge in [0.25, 0.3) is 0 Å². The van der Waals surface area contributed by atoms with Gasteiger partial charge >= 0.3 is 6.09 Å². The van der Waals surface area contributed by atoms with Crippen LogP contribution in [0.3, 0.4) is 0 Å². The van der Waals surface area contributed by atoms with Crippen molar-refractivity contribution in [2.45, 2.75) is 32.1 Å². The van der Waals surface area contributed by atoms with Gasteiger partial charge in [0.15, 0.2) is 0 Å². The van der Waals surface area contributed by atoms with Crippen LogP contribution in [-0.4, -0.2) is 53.7 Å². The number of likely N-dealkylation sites (tertiary alicyclic amines) is 2. The summed E-state index contributed by atoms with van der Waals surface area (Å²) in [5.74, 6) is 0. The summed E-state index contributed by atoms with van der Waals surface area (Å²) in [5, 5.41) is 9.08. The number of hydrogen-bond donors (Lipinski definition) is 1. The lowest BCUT2D eigenvalue weighted by Gasteiger charge is -2.46. The first kappa shape index (κ1) is 16.8. The summed E-state index contributed by atoms with van der Waals surface area (Å²) in [6.45, 7) is 4.87. The summed E-state index contributed by atoms with van der Waals surface area (Å²) in [7, 11) is 0. The van der Waals surface area contributed by atoms with Gasteiger partial charge < -0.3 is 14.9 Å². The minimum atomic E-state index is -0.758. The Hall–Kier alpha value is -1.07. The van der Waals surface area contributed by atoms with Crippen LogP contribution >= 0.6 is 15.9 Å². The molecule has 2 aliphatic rings. The number of hydrogen-bond acceptors (Lipinski definition) is 2. The lowest BCUT2D eigenvalue weighted by Crippen LogP contribution is -2.48. The number of carbonyl (C=O) groups is 1. The molecule has 126 valence electrons. The first-order chi connectivity index (χ1) is 11.1. The van der Waals surface area contributed by atoms with Gasteiger partial charge in [-0.25, -0.2) is 4.79 Å². The van der Waals surface area contributed by atoms with E-state index in [0.29, 0.717) is 18.5 Å². The normalized spacial score (nSPS) is 21.5. The van der Waals surface area contributed by atoms with Crippen LogP contribution in [0.15, 0.2) is 28.7 Å². The van der Waals surface area contributed by atoms with Crippen molar-refractivity contribution in [3.63, 3.8) is 0 Å². The maximum Gasteiger partial charge on any atom is 0.407 e. The Kier molecular flexibility index (Phi) is 5.27. The quantitative estimate of drug-likeness (QED) is 0.865. The fourth-order valence-corrected chi connectivity index (χ4v) is 4.13. The van der Waals surface area contributed by atoms with Crippen LogP contribution in [0.25, 0.3) is 0 Å². The average Bonchev–Trinajstić information content (AvgIpc) is 2.56. The van der Waals surface area contributed by atoms with Crippen LogP contribution in [0.4, 0.5) is 4.79 Å². The summed E-state index contributed by atoms with van der Waals surface area (Å²) >= 11 is 3.48. The van der Waals surface area contributed by atoms with Gasteiger partial charge in [0.1, 0.15) is 0 Å². The number of nitrogens with zero attached hydrogens (tertiary/aromatic N) is 2. The molecule has 23 heavy (non-hydrogen) atoms. The van der Waals surface area contributed by atoms with E-state index in [1.807, 2.05) is 0 Å². The highest BCUT2D eigenvalue weighted by molar-refractivity contribution is 9.10. The molecule has 2 fully saturated rings. The molecule has 0 aromatic heterocycles. The van der Waals surface area contributed by atoms with Gasteiger partial charge in [-0.2, -0.15) is 0 Å². The van der Waals surface area contributed by atoms with Crippen molar-refractivity contribution in [3.05, 3.63) is 34.3 Å². The monoisotopic (exact) mass is 380 g/mol. The maximum atomic E-state index is 11.0. The van der Waals surface area contributed by atoms with Gasteiger partial charge in [-0.3, -0.25) is 0 Å². The molecule has 4 nitrogen and oxygen atoms in total. The Morgan fingerprint density at radius 2 is 1.61 bits per heavy atom. The molecule has 1 aromatic rings. The Balaban J connectivity index is 1.44. The smallest absolute Gasteiger partial charge is 0.407 e. The fraction of sp³-hybridized carbons (Fsp3) is 0.611. The summed E-state index contributed by atoms with van der Waals surface area (Å²) in [6, 6.07) is 8.60. The van der Waals surface area contributed by atoms with E-state index in [-0.39, 0.29) is 0 Å². The Morgan fingerprint density at radius 3 is 2.17 bits per heavy atom. The molecule has 0 aliphatic carbocycles. The first-order valence-corrected chi connectivity index (χ1v) is 9.30. The third-order valence-electron chi connectivity index (χ3n) is 5.64. The van der Waals surface area contributed by atoms with E-state index >= 15 is 0 Å². The molecule has 5 heteroatoms. The van der Waals surface area contributed by atoms with Crippen molar-refractivity contribution in [2.75, 3.05) is 32.7 Å². The SMILES string of the molecule is O=C(O)N1CCC2(CCN(CCc3ccc(Br)cc3)CC2)CC1. The molecule has 1 amide bonds. The molecule has 1 spiro atoms. The second-order valence-corrected chi connectivity index (χ2v) is 7.90. The molecule has 2 heterocycles. The second kappa shape index (κ2) is 7.22. The third kappa shape index (κ3) is 4.27. The fourth-order valence-electron chi connectivity index (χ4n) is 3.86. The molecule has 1 aromatic carbocycles. The van der Waals surface area contributed by atoms with Crippen molar-refractivity contribution in [1.82, 2.24) is 9.80 Å². The predicted octanol–water partition coefficient (Wildman–Crippen LogP) is 3.85. The molecule has 0 unspecified atom stereocenters. The average molecular weight is 381 g/mol. The van der Waals surface area contributed by atoms with Gasteiger partial charge in [-0.15, -0.1) is 0 Å². The van der Waals surface area contributed by atoms with Crippen molar-refractivity contribution >= 4 is 22.0 Å². The topological polar surface area (TPSA) is 43.8 Å². The van der Waals surface area contributed by atoms with E-state index in [1.165, 1.54) is 18.4 Å². The minimum absolute atomic E-state index is 0.403. The van der Waals surface area contributed by atoms with Gasteiger partial charge in [0.05, 0.1) is 0 Å². The van der Waals surface area contributed by atoms with Gasteiger partial charge in [-0.1, -0.05) is 28.1 Å². The van der Waals surface area contributed by atoms with Crippen LogP contribution in [0.5, 0.6) is 0 Å². The molecule has 1 N–H and O–H groups in total. The van der Waals surface area contributed by atoms with Crippen molar-refractivity contribution in [2.24, 2.45) is 5.41 Å². The zero-order valence-corrected chi connectivity index (χ0v) is 15.1. The lowest BCUT2D eigenvalue weighted by atomic mass is 9.71. The van der Waals surface area contributed by atoms with Crippen LogP contribution in [0.2, 0.25) is 0 Å². The van der Waals surface area contributed by atoms with Crippen LogP contribution in [0.1, 0.15) is 31.2 Å². The molecule has 0 radical (unpaired) electrons. The number of benzene rings is 1. The molecular weight excluding hydrogens is 356 g/mol. The van der Waals surface area contributed by atoms with Gasteiger partial charge in [0.2, 0.25) is 0 Å². The summed E-state index contributed by atoms with van der Waals surface area (Å²) < 4.78 is 1.13. The standard InChI is InChI=1S/C18H25BrN2O2/c19-16-3-1-15(2-4-16)5-10-20-11-6-18(7-12-20)8-13-21(14-9-18)17(22)23/h1-4H,5-14H2,(H,22,23). The molecule has 0 atom stereocenters. The van der Waals surface area contributed by atoms with Crippen molar-refractivity contribution in [3.8, 4) is 0 Å². The summed E-state index contributed by atoms with van der Waals surface area (Å²) in [5.41, 5.74) is 1.79. The highest BCUT2D eigenvalue weighted by Gasteiger charge is 2.38.